The molecule has 0 saturated carbocycles. The maximum Gasteiger partial charge on any atom is 0.194 e. The van der Waals surface area contributed by atoms with Gasteiger partial charge < -0.3 is 10.2 Å². The Morgan fingerprint density at radius 1 is 1.40 bits per heavy atom. The molecular formula is C15H26N4S. The van der Waals surface area contributed by atoms with Gasteiger partial charge >= 0.3 is 0 Å². The minimum Gasteiger partial charge on any atom is -0.310 e. The number of nitrogens with zero attached hydrogens (tertiary/aromatic N) is 3. The van der Waals surface area contributed by atoms with E-state index >= 15 is 0 Å². The summed E-state index contributed by atoms with van der Waals surface area (Å²) in [6.07, 6.45) is 3.33. The Hall–Kier alpha value is -0.910. The van der Waals surface area contributed by atoms with Crippen molar-refractivity contribution in [2.24, 2.45) is 5.92 Å². The Kier molecular flexibility index (Phi) is 5.18. The monoisotopic (exact) mass is 294 g/mol. The first kappa shape index (κ1) is 15.5. The van der Waals surface area contributed by atoms with Gasteiger partial charge in [0.25, 0.3) is 0 Å². The Balaban J connectivity index is 1.94. The van der Waals surface area contributed by atoms with Gasteiger partial charge in [0, 0.05) is 30.7 Å². The predicted molar refractivity (Wildman–Crippen MR) is 86.4 cm³/mol. The Morgan fingerprint density at radius 3 is 2.80 bits per heavy atom. The highest BCUT2D eigenvalue weighted by Crippen LogP contribution is 2.16. The van der Waals surface area contributed by atoms with Crippen LogP contribution in [-0.2, 0) is 6.54 Å². The van der Waals surface area contributed by atoms with Crippen molar-refractivity contribution in [2.45, 2.75) is 39.8 Å². The molecule has 112 valence electrons. The quantitative estimate of drug-likeness (QED) is 0.852. The third-order valence-corrected chi connectivity index (χ3v) is 4.46. The van der Waals surface area contributed by atoms with Gasteiger partial charge in [-0.15, -0.1) is 11.3 Å². The highest BCUT2D eigenvalue weighted by Gasteiger charge is 2.14. The summed E-state index contributed by atoms with van der Waals surface area (Å²) < 4.78 is 2.19. The van der Waals surface area contributed by atoms with Gasteiger partial charge in [0.1, 0.15) is 0 Å². The summed E-state index contributed by atoms with van der Waals surface area (Å²) in [6, 6.07) is 0.584. The van der Waals surface area contributed by atoms with E-state index in [1.54, 1.807) is 11.3 Å². The van der Waals surface area contributed by atoms with Crippen LogP contribution in [0.3, 0.4) is 0 Å². The average Bonchev–Trinajstić information content (AvgIpc) is 2.89. The van der Waals surface area contributed by atoms with E-state index in [2.05, 4.69) is 66.0 Å². The fourth-order valence-electron chi connectivity index (χ4n) is 2.53. The molecule has 2 aromatic rings. The summed E-state index contributed by atoms with van der Waals surface area (Å²) in [6.45, 7) is 8.56. The lowest BCUT2D eigenvalue weighted by molar-refractivity contribution is 0.246. The molecule has 2 heterocycles. The molecule has 2 aromatic heterocycles. The second kappa shape index (κ2) is 6.70. The number of hydrogen-bond acceptors (Lipinski definition) is 4. The molecule has 2 rings (SSSR count). The van der Waals surface area contributed by atoms with Gasteiger partial charge in [-0.2, -0.15) is 0 Å². The zero-order valence-corrected chi connectivity index (χ0v) is 14.0. The van der Waals surface area contributed by atoms with Gasteiger partial charge in [-0.3, -0.25) is 4.40 Å². The molecule has 0 fully saturated rings. The van der Waals surface area contributed by atoms with E-state index < -0.39 is 0 Å². The number of thiazole rings is 1. The zero-order chi connectivity index (χ0) is 14.7. The fraction of sp³-hybridized carbons (Fsp3) is 0.667. The van der Waals surface area contributed by atoms with Crippen molar-refractivity contribution in [1.82, 2.24) is 19.6 Å². The lowest BCUT2D eigenvalue weighted by Crippen LogP contribution is -2.38. The number of aryl methyl sites for hydroxylation is 1. The first-order valence-electron chi connectivity index (χ1n) is 7.27. The summed E-state index contributed by atoms with van der Waals surface area (Å²) >= 11 is 1.69. The molecule has 0 aliphatic rings. The second-order valence-electron chi connectivity index (χ2n) is 6.08. The molecule has 0 spiro atoms. The Labute approximate surface area is 125 Å². The van der Waals surface area contributed by atoms with Crippen LogP contribution in [0.15, 0.2) is 11.6 Å². The van der Waals surface area contributed by atoms with Gasteiger partial charge in [-0.05, 0) is 33.4 Å². The number of imidazole rings is 1. The zero-order valence-electron chi connectivity index (χ0n) is 13.2. The molecule has 0 saturated heterocycles. The van der Waals surface area contributed by atoms with E-state index in [0.29, 0.717) is 6.04 Å². The minimum atomic E-state index is 0.584. The summed E-state index contributed by atoms with van der Waals surface area (Å²) in [5, 5.41) is 5.69. The lowest BCUT2D eigenvalue weighted by Gasteiger charge is -2.26. The van der Waals surface area contributed by atoms with Gasteiger partial charge in [0.15, 0.2) is 4.96 Å². The van der Waals surface area contributed by atoms with Crippen LogP contribution in [0.4, 0.5) is 0 Å². The first-order valence-corrected chi connectivity index (χ1v) is 8.15. The molecule has 4 nitrogen and oxygen atoms in total. The highest BCUT2D eigenvalue weighted by molar-refractivity contribution is 7.15. The van der Waals surface area contributed by atoms with Crippen LogP contribution >= 0.6 is 11.3 Å². The molecule has 20 heavy (non-hydrogen) atoms. The summed E-state index contributed by atoms with van der Waals surface area (Å²) in [7, 11) is 4.33. The van der Waals surface area contributed by atoms with Crippen LogP contribution in [0, 0.1) is 12.8 Å². The van der Waals surface area contributed by atoms with Crippen molar-refractivity contribution in [3.63, 3.8) is 0 Å². The topological polar surface area (TPSA) is 32.6 Å². The molecule has 0 aliphatic heterocycles. The number of likely N-dealkylation sites (N-methyl/N-ethyl adjacent to an activating group) is 1. The third-order valence-electron chi connectivity index (χ3n) is 3.71. The predicted octanol–water partition coefficient (Wildman–Crippen LogP) is 2.77. The molecule has 1 unspecified atom stereocenters. The molecule has 1 N–H and O–H groups in total. The van der Waals surface area contributed by atoms with Gasteiger partial charge in [-0.1, -0.05) is 13.8 Å². The first-order chi connectivity index (χ1) is 9.49. The van der Waals surface area contributed by atoms with Gasteiger partial charge in [0.2, 0.25) is 0 Å². The smallest absolute Gasteiger partial charge is 0.194 e. The minimum absolute atomic E-state index is 0.584. The molecule has 0 aromatic carbocycles. The van der Waals surface area contributed by atoms with Crippen molar-refractivity contribution in [3.05, 3.63) is 23.0 Å². The van der Waals surface area contributed by atoms with Crippen molar-refractivity contribution < 1.29 is 0 Å². The average molecular weight is 294 g/mol. The second-order valence-corrected chi connectivity index (χ2v) is 6.95. The molecule has 1 atom stereocenters. The number of hydrogen-bond donors (Lipinski definition) is 1. The van der Waals surface area contributed by atoms with Crippen molar-refractivity contribution in [2.75, 3.05) is 20.6 Å². The molecule has 0 bridgehead atoms. The molecular weight excluding hydrogens is 268 g/mol. The molecule has 0 aliphatic carbocycles. The maximum atomic E-state index is 4.59. The van der Waals surface area contributed by atoms with Crippen LogP contribution in [0.5, 0.6) is 0 Å². The largest absolute Gasteiger partial charge is 0.310 e. The standard InChI is InChI=1S/C15H26N4S/c1-11(2)8-13(18(4)5)9-16-10-14-12(3)17-15-19(14)6-7-20-15/h6-7,11,13,16H,8-10H2,1-5H3. The van der Waals surface area contributed by atoms with Crippen LogP contribution < -0.4 is 5.32 Å². The summed E-state index contributed by atoms with van der Waals surface area (Å²) in [4.78, 5) is 7.99. The number of aromatic nitrogens is 2. The Bertz CT molecular complexity index is 541. The van der Waals surface area contributed by atoms with Crippen LogP contribution in [0.25, 0.3) is 4.96 Å². The van der Waals surface area contributed by atoms with Crippen molar-refractivity contribution >= 4 is 16.3 Å². The van der Waals surface area contributed by atoms with E-state index in [0.717, 1.165) is 29.7 Å². The van der Waals surface area contributed by atoms with E-state index in [9.17, 15) is 0 Å². The SMILES string of the molecule is Cc1nc2sccn2c1CNCC(CC(C)C)N(C)C. The molecule has 0 amide bonds. The number of fused-ring (bicyclic) bond motifs is 1. The Morgan fingerprint density at radius 2 is 2.15 bits per heavy atom. The molecule has 5 heteroatoms. The van der Waals surface area contributed by atoms with Crippen LogP contribution in [0.2, 0.25) is 0 Å². The summed E-state index contributed by atoms with van der Waals surface area (Å²) in [5.41, 5.74) is 2.41. The summed E-state index contributed by atoms with van der Waals surface area (Å²) in [5.74, 6) is 0.726. The van der Waals surface area contributed by atoms with Crippen LogP contribution in [-0.4, -0.2) is 41.0 Å². The third kappa shape index (κ3) is 3.59. The van der Waals surface area contributed by atoms with E-state index in [1.807, 2.05) is 0 Å². The lowest BCUT2D eigenvalue weighted by atomic mass is 10.0. The van der Waals surface area contributed by atoms with Gasteiger partial charge in [0.05, 0.1) is 11.4 Å². The fourth-order valence-corrected chi connectivity index (χ4v) is 3.31. The normalized spacial score (nSPS) is 13.8. The van der Waals surface area contributed by atoms with Gasteiger partial charge in [-0.25, -0.2) is 4.98 Å². The van der Waals surface area contributed by atoms with E-state index in [-0.39, 0.29) is 0 Å². The van der Waals surface area contributed by atoms with Crippen molar-refractivity contribution in [3.8, 4) is 0 Å². The number of rotatable bonds is 7. The van der Waals surface area contributed by atoms with E-state index in [4.69, 9.17) is 0 Å². The van der Waals surface area contributed by atoms with Crippen LogP contribution in [0.1, 0.15) is 31.7 Å². The maximum absolute atomic E-state index is 4.59. The highest BCUT2D eigenvalue weighted by atomic mass is 32.1. The van der Waals surface area contributed by atoms with Crippen molar-refractivity contribution in [1.29, 1.82) is 0 Å². The van der Waals surface area contributed by atoms with E-state index in [1.165, 1.54) is 12.1 Å². The molecule has 0 radical (unpaired) electrons. The number of nitrogens with one attached hydrogen (secondary N) is 1.